The number of hydrogen-bond donors (Lipinski definition) is 0. The van der Waals surface area contributed by atoms with Crippen molar-refractivity contribution < 1.29 is 18.8 Å². The molecule has 8 nitrogen and oxygen atoms in total. The molecule has 0 radical (unpaired) electrons. The van der Waals surface area contributed by atoms with Gasteiger partial charge in [-0.2, -0.15) is 4.98 Å². The summed E-state index contributed by atoms with van der Waals surface area (Å²) in [6, 6.07) is 7.77. The van der Waals surface area contributed by atoms with Gasteiger partial charge in [-0.3, -0.25) is 9.69 Å². The van der Waals surface area contributed by atoms with E-state index in [9.17, 15) is 9.59 Å². The smallest absolute Gasteiger partial charge is 0.410 e. The van der Waals surface area contributed by atoms with Gasteiger partial charge in [-0.15, -0.1) is 0 Å². The lowest BCUT2D eigenvalue weighted by molar-refractivity contribution is -0.131. The van der Waals surface area contributed by atoms with Gasteiger partial charge in [0.1, 0.15) is 13.2 Å². The minimum Gasteiger partial charge on any atom is -0.448 e. The van der Waals surface area contributed by atoms with E-state index in [1.165, 1.54) is 9.80 Å². The van der Waals surface area contributed by atoms with Crippen LogP contribution in [-0.4, -0.2) is 58.7 Å². The summed E-state index contributed by atoms with van der Waals surface area (Å²) in [7, 11) is 1.63. The molecule has 0 bridgehead atoms. The monoisotopic (exact) mass is 330 g/mol. The Balaban J connectivity index is 1.61. The first-order valence-corrected chi connectivity index (χ1v) is 7.58. The third-order valence-corrected chi connectivity index (χ3v) is 3.71. The SMILES string of the molecule is Cc1cccc(-c2noc(CN(C)C(=O)CN3CCOC3=O)n2)c1. The molecule has 24 heavy (non-hydrogen) atoms. The molecule has 3 rings (SSSR count). The highest BCUT2D eigenvalue weighted by molar-refractivity contribution is 5.82. The molecule has 0 atom stereocenters. The zero-order valence-electron chi connectivity index (χ0n) is 13.6. The molecular weight excluding hydrogens is 312 g/mol. The molecule has 1 aliphatic heterocycles. The Bertz CT molecular complexity index is 758. The molecule has 1 fully saturated rings. The van der Waals surface area contributed by atoms with Crippen LogP contribution in [0.2, 0.25) is 0 Å². The molecule has 126 valence electrons. The number of carbonyl (C=O) groups excluding carboxylic acids is 2. The second kappa shape index (κ2) is 6.69. The van der Waals surface area contributed by atoms with Crippen LogP contribution in [0.1, 0.15) is 11.5 Å². The van der Waals surface area contributed by atoms with Crippen LogP contribution in [0, 0.1) is 6.92 Å². The average Bonchev–Trinajstić information content (AvgIpc) is 3.17. The van der Waals surface area contributed by atoms with Gasteiger partial charge >= 0.3 is 6.09 Å². The average molecular weight is 330 g/mol. The van der Waals surface area contributed by atoms with E-state index in [1.54, 1.807) is 7.05 Å². The van der Waals surface area contributed by atoms with Gasteiger partial charge in [-0.25, -0.2) is 4.79 Å². The van der Waals surface area contributed by atoms with E-state index in [1.807, 2.05) is 31.2 Å². The number of cyclic esters (lactones) is 1. The topological polar surface area (TPSA) is 88.8 Å². The quantitative estimate of drug-likeness (QED) is 0.824. The van der Waals surface area contributed by atoms with Crippen molar-refractivity contribution in [2.45, 2.75) is 13.5 Å². The van der Waals surface area contributed by atoms with Gasteiger partial charge in [0.2, 0.25) is 17.6 Å². The van der Waals surface area contributed by atoms with E-state index in [0.29, 0.717) is 24.9 Å². The van der Waals surface area contributed by atoms with Crippen molar-refractivity contribution in [3.8, 4) is 11.4 Å². The Labute approximate surface area is 139 Å². The Morgan fingerprint density at radius 1 is 1.42 bits per heavy atom. The third kappa shape index (κ3) is 3.53. The Kier molecular flexibility index (Phi) is 4.45. The zero-order valence-corrected chi connectivity index (χ0v) is 13.6. The van der Waals surface area contributed by atoms with Crippen molar-refractivity contribution in [3.05, 3.63) is 35.7 Å². The van der Waals surface area contributed by atoms with Crippen molar-refractivity contribution in [1.29, 1.82) is 0 Å². The number of carbonyl (C=O) groups is 2. The molecule has 1 saturated heterocycles. The fraction of sp³-hybridized carbons (Fsp3) is 0.375. The van der Waals surface area contributed by atoms with Crippen LogP contribution in [-0.2, 0) is 16.1 Å². The van der Waals surface area contributed by atoms with Crippen LogP contribution in [0.3, 0.4) is 0 Å². The number of ether oxygens (including phenoxy) is 1. The van der Waals surface area contributed by atoms with E-state index < -0.39 is 6.09 Å². The molecule has 2 heterocycles. The van der Waals surface area contributed by atoms with Crippen LogP contribution in [0.4, 0.5) is 4.79 Å². The first-order chi connectivity index (χ1) is 11.5. The highest BCUT2D eigenvalue weighted by Gasteiger charge is 2.26. The third-order valence-electron chi connectivity index (χ3n) is 3.71. The molecule has 1 aliphatic rings. The van der Waals surface area contributed by atoms with Crippen LogP contribution in [0.25, 0.3) is 11.4 Å². The fourth-order valence-corrected chi connectivity index (χ4v) is 2.36. The van der Waals surface area contributed by atoms with Gasteiger partial charge in [-0.1, -0.05) is 28.9 Å². The molecule has 0 aliphatic carbocycles. The predicted molar refractivity (Wildman–Crippen MR) is 83.9 cm³/mol. The van der Waals surface area contributed by atoms with E-state index in [0.717, 1.165) is 11.1 Å². The van der Waals surface area contributed by atoms with Gasteiger partial charge in [-0.05, 0) is 13.0 Å². The van der Waals surface area contributed by atoms with Gasteiger partial charge in [0.05, 0.1) is 13.1 Å². The molecule has 1 aromatic carbocycles. The lowest BCUT2D eigenvalue weighted by Gasteiger charge is -2.18. The van der Waals surface area contributed by atoms with Gasteiger partial charge in [0.25, 0.3) is 0 Å². The standard InChI is InChI=1S/C16H18N4O4/c1-11-4-3-5-12(8-11)15-17-13(24-18-15)9-19(2)14(21)10-20-6-7-23-16(20)22/h3-5,8H,6-7,9-10H2,1-2H3. The van der Waals surface area contributed by atoms with Crippen molar-refractivity contribution in [3.63, 3.8) is 0 Å². The molecule has 2 amide bonds. The van der Waals surface area contributed by atoms with E-state index in [2.05, 4.69) is 10.1 Å². The van der Waals surface area contributed by atoms with E-state index in [4.69, 9.17) is 9.26 Å². The maximum atomic E-state index is 12.2. The molecule has 2 aromatic rings. The number of hydrogen-bond acceptors (Lipinski definition) is 6. The Morgan fingerprint density at radius 2 is 2.25 bits per heavy atom. The van der Waals surface area contributed by atoms with Gasteiger partial charge in [0.15, 0.2) is 0 Å². The van der Waals surface area contributed by atoms with Gasteiger partial charge in [0, 0.05) is 12.6 Å². The van der Waals surface area contributed by atoms with E-state index >= 15 is 0 Å². The van der Waals surface area contributed by atoms with Gasteiger partial charge < -0.3 is 14.2 Å². The van der Waals surface area contributed by atoms with Crippen molar-refractivity contribution >= 4 is 12.0 Å². The molecular formula is C16H18N4O4. The van der Waals surface area contributed by atoms with Crippen LogP contribution >= 0.6 is 0 Å². The molecule has 0 spiro atoms. The summed E-state index contributed by atoms with van der Waals surface area (Å²) in [5.41, 5.74) is 1.96. The number of nitrogens with zero attached hydrogens (tertiary/aromatic N) is 4. The van der Waals surface area contributed by atoms with Crippen LogP contribution in [0.5, 0.6) is 0 Å². The number of amides is 2. The molecule has 1 aromatic heterocycles. The number of aryl methyl sites for hydroxylation is 1. The van der Waals surface area contributed by atoms with Crippen molar-refractivity contribution in [2.75, 3.05) is 26.7 Å². The second-order valence-corrected chi connectivity index (χ2v) is 5.67. The zero-order chi connectivity index (χ0) is 17.1. The number of benzene rings is 1. The first kappa shape index (κ1) is 16.0. The maximum absolute atomic E-state index is 12.2. The molecule has 0 saturated carbocycles. The predicted octanol–water partition coefficient (Wildman–Crippen LogP) is 1.46. The fourth-order valence-electron chi connectivity index (χ4n) is 2.36. The van der Waals surface area contributed by atoms with Crippen LogP contribution in [0.15, 0.2) is 28.8 Å². The molecule has 8 heteroatoms. The summed E-state index contributed by atoms with van der Waals surface area (Å²) in [4.78, 5) is 30.7. The normalized spacial score (nSPS) is 13.9. The highest BCUT2D eigenvalue weighted by Crippen LogP contribution is 2.17. The lowest BCUT2D eigenvalue weighted by Crippen LogP contribution is -2.38. The second-order valence-electron chi connectivity index (χ2n) is 5.67. The summed E-state index contributed by atoms with van der Waals surface area (Å²) in [6.07, 6.45) is -0.462. The minimum atomic E-state index is -0.462. The highest BCUT2D eigenvalue weighted by atomic mass is 16.6. The summed E-state index contributed by atoms with van der Waals surface area (Å²) in [6.45, 7) is 2.89. The summed E-state index contributed by atoms with van der Waals surface area (Å²) < 4.78 is 10.0. The number of likely N-dealkylation sites (N-methyl/N-ethyl adjacent to an activating group) is 1. The summed E-state index contributed by atoms with van der Waals surface area (Å²) in [5.74, 6) is 0.605. The largest absolute Gasteiger partial charge is 0.448 e. The van der Waals surface area contributed by atoms with Crippen molar-refractivity contribution in [1.82, 2.24) is 19.9 Å². The first-order valence-electron chi connectivity index (χ1n) is 7.58. The minimum absolute atomic E-state index is 0.0196. The maximum Gasteiger partial charge on any atom is 0.410 e. The van der Waals surface area contributed by atoms with E-state index in [-0.39, 0.29) is 19.0 Å². The number of aromatic nitrogens is 2. The summed E-state index contributed by atoms with van der Waals surface area (Å²) >= 11 is 0. The molecule has 0 unspecified atom stereocenters. The van der Waals surface area contributed by atoms with Crippen LogP contribution < -0.4 is 0 Å². The number of rotatable bonds is 5. The Morgan fingerprint density at radius 3 is 2.96 bits per heavy atom. The molecule has 0 N–H and O–H groups in total. The lowest BCUT2D eigenvalue weighted by atomic mass is 10.1. The Hall–Kier alpha value is -2.90. The summed E-state index contributed by atoms with van der Waals surface area (Å²) in [5, 5.41) is 3.95. The van der Waals surface area contributed by atoms with Crippen molar-refractivity contribution in [2.24, 2.45) is 0 Å².